The first kappa shape index (κ1) is 23.0. The zero-order valence-electron chi connectivity index (χ0n) is 20.2. The summed E-state index contributed by atoms with van der Waals surface area (Å²) in [7, 11) is 2.16. The van der Waals surface area contributed by atoms with Gasteiger partial charge in [0.05, 0.1) is 0 Å². The summed E-state index contributed by atoms with van der Waals surface area (Å²) in [5.41, 5.74) is 4.93. The van der Waals surface area contributed by atoms with Crippen molar-refractivity contribution in [1.29, 1.82) is 0 Å². The molecule has 0 spiro atoms. The fourth-order valence-corrected chi connectivity index (χ4v) is 4.84. The van der Waals surface area contributed by atoms with Crippen LogP contribution in [0.3, 0.4) is 0 Å². The number of hydrogen-bond acceptors (Lipinski definition) is 5. The molecule has 0 saturated carbocycles. The Morgan fingerprint density at radius 2 is 1.66 bits per heavy atom. The molecule has 4 aromatic rings. The standard InChI is InChI=1S/C29H30N4O2/c1-21-31-27(32-35-21)24-11-6-12-25(18-24)28(34)30-20-29(14-16-33(2)17-15-29)26-13-7-10-23(19-26)22-8-4-3-5-9-22/h3-13,18-19H,14-17,20H2,1-2H3,(H,30,34). The lowest BCUT2D eigenvalue weighted by Gasteiger charge is -2.41. The summed E-state index contributed by atoms with van der Waals surface area (Å²) in [4.78, 5) is 19.9. The second-order valence-corrected chi connectivity index (χ2v) is 9.43. The Morgan fingerprint density at radius 3 is 2.40 bits per heavy atom. The van der Waals surface area contributed by atoms with Crippen LogP contribution in [0.15, 0.2) is 83.4 Å². The molecule has 1 aliphatic heterocycles. The SMILES string of the molecule is Cc1nc(-c2cccc(C(=O)NCC3(c4cccc(-c5ccccc5)c4)CCN(C)CC3)c2)no1. The van der Waals surface area contributed by atoms with Crippen molar-refractivity contribution in [2.45, 2.75) is 25.2 Å². The molecule has 1 amide bonds. The number of aromatic nitrogens is 2. The smallest absolute Gasteiger partial charge is 0.251 e. The lowest BCUT2D eigenvalue weighted by Crippen LogP contribution is -2.48. The first-order valence-electron chi connectivity index (χ1n) is 12.1. The highest BCUT2D eigenvalue weighted by molar-refractivity contribution is 5.95. The van der Waals surface area contributed by atoms with Gasteiger partial charge in [0.25, 0.3) is 5.91 Å². The van der Waals surface area contributed by atoms with Crippen molar-refractivity contribution in [3.05, 3.63) is 95.9 Å². The normalized spacial score (nSPS) is 15.6. The highest BCUT2D eigenvalue weighted by Gasteiger charge is 2.36. The Hall–Kier alpha value is -3.77. The van der Waals surface area contributed by atoms with Gasteiger partial charge in [-0.3, -0.25) is 4.79 Å². The van der Waals surface area contributed by atoms with E-state index in [1.165, 1.54) is 16.7 Å². The number of hydrogen-bond donors (Lipinski definition) is 1. The van der Waals surface area contributed by atoms with E-state index >= 15 is 0 Å². The first-order chi connectivity index (χ1) is 17.0. The maximum atomic E-state index is 13.2. The molecule has 5 rings (SSSR count). The van der Waals surface area contributed by atoms with Crippen LogP contribution in [-0.2, 0) is 5.41 Å². The van der Waals surface area contributed by atoms with Crippen LogP contribution in [0.1, 0.15) is 34.7 Å². The third kappa shape index (κ3) is 5.03. The predicted molar refractivity (Wildman–Crippen MR) is 137 cm³/mol. The maximum absolute atomic E-state index is 13.2. The van der Waals surface area contributed by atoms with Gasteiger partial charge >= 0.3 is 0 Å². The lowest BCUT2D eigenvalue weighted by atomic mass is 9.72. The van der Waals surface area contributed by atoms with E-state index in [0.29, 0.717) is 23.8 Å². The Balaban J connectivity index is 1.39. The van der Waals surface area contributed by atoms with E-state index < -0.39 is 0 Å². The summed E-state index contributed by atoms with van der Waals surface area (Å²) in [5, 5.41) is 7.22. The molecule has 0 unspecified atom stereocenters. The number of nitrogens with zero attached hydrogens (tertiary/aromatic N) is 3. The summed E-state index contributed by atoms with van der Waals surface area (Å²) in [6.45, 7) is 4.33. The van der Waals surface area contributed by atoms with Crippen LogP contribution in [0.25, 0.3) is 22.5 Å². The van der Waals surface area contributed by atoms with Crippen molar-refractivity contribution in [3.63, 3.8) is 0 Å². The number of likely N-dealkylation sites (tertiary alicyclic amines) is 1. The third-order valence-corrected chi connectivity index (χ3v) is 7.02. The molecule has 1 fully saturated rings. The second-order valence-electron chi connectivity index (χ2n) is 9.43. The average molecular weight is 467 g/mol. The van der Waals surface area contributed by atoms with Crippen LogP contribution in [-0.4, -0.2) is 47.6 Å². The van der Waals surface area contributed by atoms with Gasteiger partial charge in [0, 0.05) is 30.0 Å². The lowest BCUT2D eigenvalue weighted by molar-refractivity contribution is 0.0928. The summed E-state index contributed by atoms with van der Waals surface area (Å²) in [6.07, 6.45) is 1.98. The van der Waals surface area contributed by atoms with E-state index in [0.717, 1.165) is 31.5 Å². The van der Waals surface area contributed by atoms with Gasteiger partial charge in [-0.1, -0.05) is 71.9 Å². The minimum atomic E-state index is -0.116. The molecule has 3 aromatic carbocycles. The molecule has 2 heterocycles. The number of carbonyl (C=O) groups excluding carboxylic acids is 1. The topological polar surface area (TPSA) is 71.3 Å². The largest absolute Gasteiger partial charge is 0.351 e. The molecule has 0 radical (unpaired) electrons. The maximum Gasteiger partial charge on any atom is 0.251 e. The molecular weight excluding hydrogens is 436 g/mol. The van der Waals surface area contributed by atoms with E-state index in [1.807, 2.05) is 30.3 Å². The number of aryl methyl sites for hydroxylation is 1. The van der Waals surface area contributed by atoms with Gasteiger partial charge in [0.2, 0.25) is 11.7 Å². The van der Waals surface area contributed by atoms with Crippen LogP contribution in [0.4, 0.5) is 0 Å². The summed E-state index contributed by atoms with van der Waals surface area (Å²) < 4.78 is 5.09. The number of amides is 1. The number of piperidine rings is 1. The van der Waals surface area contributed by atoms with Gasteiger partial charge < -0.3 is 14.7 Å². The van der Waals surface area contributed by atoms with Crippen molar-refractivity contribution < 1.29 is 9.32 Å². The van der Waals surface area contributed by atoms with Gasteiger partial charge in [0.1, 0.15) is 0 Å². The van der Waals surface area contributed by atoms with E-state index in [1.54, 1.807) is 6.92 Å². The number of carbonyl (C=O) groups is 1. The van der Waals surface area contributed by atoms with Crippen LogP contribution in [0.2, 0.25) is 0 Å². The van der Waals surface area contributed by atoms with Crippen LogP contribution < -0.4 is 5.32 Å². The van der Waals surface area contributed by atoms with Gasteiger partial charge in [-0.05, 0) is 61.8 Å². The van der Waals surface area contributed by atoms with Gasteiger partial charge in [-0.2, -0.15) is 4.98 Å². The Kier molecular flexibility index (Phi) is 6.47. The molecule has 1 aromatic heterocycles. The number of nitrogens with one attached hydrogen (secondary N) is 1. The highest BCUT2D eigenvalue weighted by atomic mass is 16.5. The quantitative estimate of drug-likeness (QED) is 0.428. The van der Waals surface area contributed by atoms with Crippen molar-refractivity contribution in [2.24, 2.45) is 0 Å². The van der Waals surface area contributed by atoms with E-state index in [2.05, 4.69) is 75.9 Å². The summed E-state index contributed by atoms with van der Waals surface area (Å²) in [5.74, 6) is 0.892. The molecule has 1 aliphatic rings. The molecule has 6 nitrogen and oxygen atoms in total. The second kappa shape index (κ2) is 9.84. The molecule has 6 heteroatoms. The summed E-state index contributed by atoms with van der Waals surface area (Å²) >= 11 is 0. The van der Waals surface area contributed by atoms with E-state index in [4.69, 9.17) is 4.52 Å². The minimum absolute atomic E-state index is 0.0930. The monoisotopic (exact) mass is 466 g/mol. The van der Waals surface area contributed by atoms with Crippen LogP contribution in [0, 0.1) is 6.92 Å². The Morgan fingerprint density at radius 1 is 0.943 bits per heavy atom. The number of rotatable bonds is 6. The first-order valence-corrected chi connectivity index (χ1v) is 12.1. The van der Waals surface area contributed by atoms with Gasteiger partial charge in [-0.15, -0.1) is 0 Å². The van der Waals surface area contributed by atoms with E-state index in [9.17, 15) is 4.79 Å². The van der Waals surface area contributed by atoms with Gasteiger partial charge in [0.15, 0.2) is 0 Å². The Bertz CT molecular complexity index is 1310. The third-order valence-electron chi connectivity index (χ3n) is 7.02. The predicted octanol–water partition coefficient (Wildman–Crippen LogP) is 5.11. The van der Waals surface area contributed by atoms with Crippen LogP contribution >= 0.6 is 0 Å². The zero-order chi connectivity index (χ0) is 24.3. The molecule has 1 N–H and O–H groups in total. The highest BCUT2D eigenvalue weighted by Crippen LogP contribution is 2.36. The average Bonchev–Trinajstić information content (AvgIpc) is 3.35. The molecule has 0 bridgehead atoms. The Labute approximate surface area is 206 Å². The molecule has 0 aliphatic carbocycles. The molecule has 35 heavy (non-hydrogen) atoms. The number of benzene rings is 3. The van der Waals surface area contributed by atoms with Crippen molar-refractivity contribution in [1.82, 2.24) is 20.4 Å². The van der Waals surface area contributed by atoms with E-state index in [-0.39, 0.29) is 11.3 Å². The van der Waals surface area contributed by atoms with Crippen molar-refractivity contribution >= 4 is 5.91 Å². The molecule has 0 atom stereocenters. The fourth-order valence-electron chi connectivity index (χ4n) is 4.84. The molecule has 178 valence electrons. The molecule has 1 saturated heterocycles. The van der Waals surface area contributed by atoms with Crippen LogP contribution in [0.5, 0.6) is 0 Å². The van der Waals surface area contributed by atoms with Crippen molar-refractivity contribution in [2.75, 3.05) is 26.7 Å². The fraction of sp³-hybridized carbons (Fsp3) is 0.276. The van der Waals surface area contributed by atoms with Crippen molar-refractivity contribution in [3.8, 4) is 22.5 Å². The minimum Gasteiger partial charge on any atom is -0.351 e. The zero-order valence-corrected chi connectivity index (χ0v) is 20.2. The molecular formula is C29H30N4O2. The summed E-state index contributed by atoms with van der Waals surface area (Å²) in [6, 6.07) is 26.6. The van der Waals surface area contributed by atoms with Gasteiger partial charge in [-0.25, -0.2) is 0 Å².